The number of benzene rings is 2. The number of piperazine rings is 1. The van der Waals surface area contributed by atoms with E-state index in [9.17, 15) is 14.4 Å². The van der Waals surface area contributed by atoms with Crippen molar-refractivity contribution in [2.45, 2.75) is 56.4 Å². The number of hydrogen-bond acceptors (Lipinski definition) is 9. The van der Waals surface area contributed by atoms with Gasteiger partial charge in [-0.25, -0.2) is 8.78 Å². The van der Waals surface area contributed by atoms with Crippen LogP contribution in [0.4, 0.5) is 20.3 Å². The van der Waals surface area contributed by atoms with E-state index < -0.39 is 23.9 Å². The molecule has 2 unspecified atom stereocenters. The van der Waals surface area contributed by atoms with E-state index in [2.05, 4.69) is 31.8 Å². The second-order valence-corrected chi connectivity index (χ2v) is 14.5. The Balaban J connectivity index is 1.10. The summed E-state index contributed by atoms with van der Waals surface area (Å²) in [5.74, 6) is -1.01. The predicted octanol–water partition coefficient (Wildman–Crippen LogP) is 6.14. The summed E-state index contributed by atoms with van der Waals surface area (Å²) in [6, 6.07) is 18.9. The number of amides is 1. The van der Waals surface area contributed by atoms with Gasteiger partial charge in [0.2, 0.25) is 0 Å². The van der Waals surface area contributed by atoms with E-state index in [1.165, 1.54) is 11.1 Å². The quantitative estimate of drug-likeness (QED) is 0.199. The van der Waals surface area contributed by atoms with Crippen LogP contribution < -0.4 is 14.5 Å². The SMILES string of the molecule is N#CCC1CN(c2nc(OC[C@@]34CCCN3CC(F)C4)nc3c2CCN(c2cccc4cccc(Cl)c24)C3)CCN1C(=O)/C(F)=C/c1ccccn1. The molecule has 4 aliphatic rings. The van der Waals surface area contributed by atoms with Crippen LogP contribution in [0.3, 0.4) is 0 Å². The summed E-state index contributed by atoms with van der Waals surface area (Å²) in [6.45, 7) is 3.58. The van der Waals surface area contributed by atoms with E-state index >= 15 is 4.39 Å². The standard InChI is InChI=1S/C39H39ClF2N8O2/c40-31-9-3-6-26-7-4-10-34(35(26)31)47-17-12-30-33(24-47)45-38(52-25-39-13-5-16-49(39)22-27(41)21-39)46-36(30)48-18-19-50(29(23-48)11-14-43)37(51)32(42)20-28-8-1-2-15-44-28/h1-4,6-10,15,20,27,29H,5,11-13,16-19,21-25H2/b32-20-/t27?,29?,39-/m0/s1. The lowest BCUT2D eigenvalue weighted by Gasteiger charge is -2.42. The highest BCUT2D eigenvalue weighted by Crippen LogP contribution is 2.41. The number of carbonyl (C=O) groups excluding carboxylic acids is 1. The summed E-state index contributed by atoms with van der Waals surface area (Å²) in [5.41, 5.74) is 2.76. The normalized spacial score (nSPS) is 23.4. The first-order chi connectivity index (χ1) is 25.3. The molecule has 3 fully saturated rings. The number of alkyl halides is 1. The Bertz CT molecular complexity index is 2060. The van der Waals surface area contributed by atoms with Gasteiger partial charge in [-0.05, 0) is 55.5 Å². The number of carbonyl (C=O) groups is 1. The lowest BCUT2D eigenvalue weighted by Crippen LogP contribution is -2.56. The molecule has 10 nitrogen and oxygen atoms in total. The number of nitriles is 1. The van der Waals surface area contributed by atoms with Gasteiger partial charge in [0.15, 0.2) is 5.83 Å². The number of fused-ring (bicyclic) bond motifs is 3. The van der Waals surface area contributed by atoms with Gasteiger partial charge in [0.05, 0.1) is 47.0 Å². The topological polar surface area (TPSA) is 102 Å². The smallest absolute Gasteiger partial charge is 0.318 e. The number of aromatic nitrogens is 3. The molecule has 0 radical (unpaired) electrons. The molecular weight excluding hydrogens is 686 g/mol. The molecule has 1 amide bonds. The number of rotatable bonds is 8. The maximum absolute atomic E-state index is 15.3. The van der Waals surface area contributed by atoms with Crippen molar-refractivity contribution in [1.29, 1.82) is 5.26 Å². The zero-order chi connectivity index (χ0) is 35.8. The van der Waals surface area contributed by atoms with Gasteiger partial charge in [0.25, 0.3) is 5.91 Å². The van der Waals surface area contributed by atoms with Crippen molar-refractivity contribution in [3.63, 3.8) is 0 Å². The predicted molar refractivity (Wildman–Crippen MR) is 196 cm³/mol. The van der Waals surface area contributed by atoms with E-state index in [-0.39, 0.29) is 37.7 Å². The van der Waals surface area contributed by atoms with Crippen LogP contribution in [0.1, 0.15) is 42.6 Å². The molecule has 4 aromatic rings. The summed E-state index contributed by atoms with van der Waals surface area (Å²) >= 11 is 6.73. The molecule has 2 aromatic carbocycles. The molecule has 0 saturated carbocycles. The van der Waals surface area contributed by atoms with Gasteiger partial charge in [-0.1, -0.05) is 41.9 Å². The Morgan fingerprint density at radius 1 is 1.06 bits per heavy atom. The average molecular weight is 725 g/mol. The van der Waals surface area contributed by atoms with Crippen LogP contribution in [0.2, 0.25) is 5.02 Å². The van der Waals surface area contributed by atoms with Gasteiger partial charge < -0.3 is 19.4 Å². The van der Waals surface area contributed by atoms with Gasteiger partial charge in [0.1, 0.15) is 18.6 Å². The highest BCUT2D eigenvalue weighted by atomic mass is 35.5. The second kappa shape index (κ2) is 14.3. The molecule has 13 heteroatoms. The van der Waals surface area contributed by atoms with Crippen LogP contribution in [-0.2, 0) is 17.8 Å². The van der Waals surface area contributed by atoms with E-state index in [0.29, 0.717) is 55.6 Å². The number of hydrogen-bond donors (Lipinski definition) is 0. The molecule has 268 valence electrons. The third-order valence-corrected chi connectivity index (χ3v) is 11.3. The van der Waals surface area contributed by atoms with E-state index in [1.54, 1.807) is 18.2 Å². The molecule has 8 rings (SSSR count). The Kier molecular flexibility index (Phi) is 9.40. The molecule has 0 aliphatic carbocycles. The lowest BCUT2D eigenvalue weighted by molar-refractivity contribution is -0.131. The van der Waals surface area contributed by atoms with Gasteiger partial charge >= 0.3 is 6.01 Å². The Hall–Kier alpha value is -4.86. The monoisotopic (exact) mass is 724 g/mol. The van der Waals surface area contributed by atoms with E-state index in [4.69, 9.17) is 26.3 Å². The lowest BCUT2D eigenvalue weighted by atomic mass is 9.95. The van der Waals surface area contributed by atoms with Crippen molar-refractivity contribution in [3.8, 4) is 12.1 Å². The summed E-state index contributed by atoms with van der Waals surface area (Å²) in [6.07, 6.45) is 4.71. The Morgan fingerprint density at radius 2 is 1.92 bits per heavy atom. The minimum absolute atomic E-state index is 0.0219. The van der Waals surface area contributed by atoms with Crippen molar-refractivity contribution in [1.82, 2.24) is 24.8 Å². The van der Waals surface area contributed by atoms with Crippen molar-refractivity contribution in [3.05, 3.63) is 88.6 Å². The number of pyridine rings is 1. The van der Waals surface area contributed by atoms with E-state index in [0.717, 1.165) is 53.2 Å². The number of anilines is 2. The fourth-order valence-electron chi connectivity index (χ4n) is 8.49. The molecule has 3 atom stereocenters. The van der Waals surface area contributed by atoms with Crippen LogP contribution in [0, 0.1) is 11.3 Å². The van der Waals surface area contributed by atoms with Crippen LogP contribution in [0.25, 0.3) is 16.8 Å². The van der Waals surface area contributed by atoms with Crippen LogP contribution in [0.15, 0.2) is 66.6 Å². The zero-order valence-electron chi connectivity index (χ0n) is 28.7. The fourth-order valence-corrected chi connectivity index (χ4v) is 8.77. The molecule has 2 aromatic heterocycles. The van der Waals surface area contributed by atoms with Crippen molar-refractivity contribution >= 4 is 45.9 Å². The fraction of sp³-hybridized carbons (Fsp3) is 0.410. The molecule has 0 N–H and O–H groups in total. The first kappa shape index (κ1) is 34.2. The van der Waals surface area contributed by atoms with Crippen LogP contribution in [-0.4, -0.2) is 94.3 Å². The number of nitrogens with zero attached hydrogens (tertiary/aromatic N) is 8. The van der Waals surface area contributed by atoms with E-state index in [1.807, 2.05) is 30.3 Å². The average Bonchev–Trinajstić information content (AvgIpc) is 3.69. The molecular formula is C39H39ClF2N8O2. The third kappa shape index (κ3) is 6.52. The maximum Gasteiger partial charge on any atom is 0.318 e. The van der Waals surface area contributed by atoms with Crippen molar-refractivity contribution < 1.29 is 18.3 Å². The molecule has 0 spiro atoms. The van der Waals surface area contributed by atoms with Crippen LogP contribution >= 0.6 is 11.6 Å². The summed E-state index contributed by atoms with van der Waals surface area (Å²) in [7, 11) is 0. The molecule has 52 heavy (non-hydrogen) atoms. The minimum Gasteiger partial charge on any atom is -0.461 e. The van der Waals surface area contributed by atoms with Crippen molar-refractivity contribution in [2.75, 3.05) is 55.7 Å². The highest BCUT2D eigenvalue weighted by molar-refractivity contribution is 6.36. The van der Waals surface area contributed by atoms with Crippen LogP contribution in [0.5, 0.6) is 6.01 Å². The second-order valence-electron chi connectivity index (χ2n) is 14.1. The highest BCUT2D eigenvalue weighted by Gasteiger charge is 2.49. The van der Waals surface area contributed by atoms with Gasteiger partial charge in [-0.2, -0.15) is 15.2 Å². The summed E-state index contributed by atoms with van der Waals surface area (Å²) in [4.78, 5) is 35.4. The molecule has 0 bridgehead atoms. The largest absolute Gasteiger partial charge is 0.461 e. The summed E-state index contributed by atoms with van der Waals surface area (Å²) in [5, 5.41) is 12.5. The Labute approximate surface area is 306 Å². The van der Waals surface area contributed by atoms with Crippen molar-refractivity contribution in [2.24, 2.45) is 0 Å². The minimum atomic E-state index is -0.929. The first-order valence-electron chi connectivity index (χ1n) is 17.9. The molecule has 3 saturated heterocycles. The van der Waals surface area contributed by atoms with Gasteiger partial charge in [-0.3, -0.25) is 14.7 Å². The van der Waals surface area contributed by atoms with Gasteiger partial charge in [0, 0.05) is 68.1 Å². The van der Waals surface area contributed by atoms with Gasteiger partial charge in [-0.15, -0.1) is 0 Å². The zero-order valence-corrected chi connectivity index (χ0v) is 29.5. The Morgan fingerprint density at radius 3 is 2.75 bits per heavy atom. The molecule has 6 heterocycles. The summed E-state index contributed by atoms with van der Waals surface area (Å²) < 4.78 is 36.3. The number of halogens is 3. The number of ether oxygens (including phenoxy) is 1. The molecule has 4 aliphatic heterocycles. The third-order valence-electron chi connectivity index (χ3n) is 11.0. The first-order valence-corrected chi connectivity index (χ1v) is 18.2. The maximum atomic E-state index is 15.3.